The van der Waals surface area contributed by atoms with Crippen molar-refractivity contribution in [3.8, 4) is 0 Å². The number of anilines is 1. The second kappa shape index (κ2) is 12.6. The van der Waals surface area contributed by atoms with Gasteiger partial charge in [0.05, 0.1) is 41.1 Å². The fraction of sp³-hybridized carbons (Fsp3) is 0.333. The molecular weight excluding hydrogens is 526 g/mol. The van der Waals surface area contributed by atoms with Gasteiger partial charge in [-0.3, -0.25) is 9.69 Å². The second-order valence-corrected chi connectivity index (χ2v) is 11.5. The molecule has 11 heteroatoms. The maximum atomic E-state index is 13.7. The van der Waals surface area contributed by atoms with Gasteiger partial charge < -0.3 is 13.9 Å². The number of rotatable bonds is 13. The van der Waals surface area contributed by atoms with Crippen molar-refractivity contribution in [1.82, 2.24) is 9.29 Å². The lowest BCUT2D eigenvalue weighted by atomic mass is 10.2. The van der Waals surface area contributed by atoms with E-state index in [0.29, 0.717) is 16.5 Å². The zero-order valence-corrected chi connectivity index (χ0v) is 23.3. The molecule has 0 bridgehead atoms. The Labute approximate surface area is 226 Å². The minimum Gasteiger partial charge on any atom is -0.467 e. The first-order chi connectivity index (χ1) is 18.4. The number of nitrogens with zero attached hydrogens (tertiary/aromatic N) is 3. The van der Waals surface area contributed by atoms with Gasteiger partial charge in [-0.05, 0) is 60.5 Å². The molecule has 0 radical (unpaired) electrons. The standard InChI is InChI=1S/C27H31N3O6S2/c1-4-20-7-12-24-25(18-20)37-27(28-24)30(19-22-6-5-15-36-22)26(31)21-8-10-23(11-9-21)38(32,33)29(13-16-34-2)14-17-35-3/h5-12,15,18H,4,13-14,16-17,19H2,1-3H3. The summed E-state index contributed by atoms with van der Waals surface area (Å²) in [6.45, 7) is 3.17. The molecule has 0 aliphatic heterocycles. The fourth-order valence-electron chi connectivity index (χ4n) is 3.89. The summed E-state index contributed by atoms with van der Waals surface area (Å²) >= 11 is 1.43. The van der Waals surface area contributed by atoms with Crippen LogP contribution in [0, 0.1) is 0 Å². The van der Waals surface area contributed by atoms with Crippen molar-refractivity contribution < 1.29 is 27.1 Å². The molecule has 2 heterocycles. The molecule has 0 aliphatic carbocycles. The number of amides is 1. The number of ether oxygens (including phenoxy) is 2. The van der Waals surface area contributed by atoms with Gasteiger partial charge in [0, 0.05) is 32.9 Å². The van der Waals surface area contributed by atoms with E-state index in [-0.39, 0.29) is 43.7 Å². The van der Waals surface area contributed by atoms with Crippen LogP contribution >= 0.6 is 11.3 Å². The van der Waals surface area contributed by atoms with E-state index < -0.39 is 10.0 Å². The lowest BCUT2D eigenvalue weighted by Crippen LogP contribution is -2.36. The van der Waals surface area contributed by atoms with Gasteiger partial charge in [0.2, 0.25) is 10.0 Å². The zero-order valence-electron chi connectivity index (χ0n) is 21.6. The maximum absolute atomic E-state index is 13.7. The van der Waals surface area contributed by atoms with Crippen LogP contribution in [0.25, 0.3) is 10.2 Å². The average molecular weight is 558 g/mol. The topological polar surface area (TPSA) is 102 Å². The fourth-order valence-corrected chi connectivity index (χ4v) is 6.32. The normalized spacial score (nSPS) is 11.9. The number of fused-ring (bicyclic) bond motifs is 1. The van der Waals surface area contributed by atoms with Crippen LogP contribution < -0.4 is 4.90 Å². The van der Waals surface area contributed by atoms with Crippen molar-refractivity contribution in [2.75, 3.05) is 45.4 Å². The second-order valence-electron chi connectivity index (χ2n) is 8.54. The Kier molecular flexibility index (Phi) is 9.29. The van der Waals surface area contributed by atoms with Crippen molar-refractivity contribution in [3.05, 3.63) is 77.7 Å². The van der Waals surface area contributed by atoms with Gasteiger partial charge in [-0.2, -0.15) is 4.31 Å². The highest BCUT2D eigenvalue weighted by Gasteiger charge is 2.26. The third-order valence-electron chi connectivity index (χ3n) is 6.05. The van der Waals surface area contributed by atoms with Crippen LogP contribution in [0.3, 0.4) is 0 Å². The number of benzene rings is 2. The Morgan fingerprint density at radius 2 is 1.74 bits per heavy atom. The summed E-state index contributed by atoms with van der Waals surface area (Å²) in [4.78, 5) is 20.1. The molecule has 0 unspecified atom stereocenters. The van der Waals surface area contributed by atoms with Gasteiger partial charge >= 0.3 is 0 Å². The molecule has 0 saturated carbocycles. The van der Waals surface area contributed by atoms with E-state index in [9.17, 15) is 13.2 Å². The molecule has 2 aromatic heterocycles. The number of hydrogen-bond acceptors (Lipinski definition) is 8. The first-order valence-corrected chi connectivity index (χ1v) is 14.4. The van der Waals surface area contributed by atoms with E-state index in [1.807, 2.05) is 12.1 Å². The summed E-state index contributed by atoms with van der Waals surface area (Å²) in [5.74, 6) is 0.300. The van der Waals surface area contributed by atoms with Crippen LogP contribution in [-0.2, 0) is 32.5 Å². The number of carbonyl (C=O) groups is 1. The number of methoxy groups -OCH3 is 2. The van der Waals surface area contributed by atoms with Crippen molar-refractivity contribution in [2.24, 2.45) is 0 Å². The minimum absolute atomic E-state index is 0.0888. The molecule has 0 fully saturated rings. The molecule has 0 N–H and O–H groups in total. The lowest BCUT2D eigenvalue weighted by molar-refractivity contribution is 0.0983. The molecular formula is C27H31N3O6S2. The Morgan fingerprint density at radius 3 is 2.34 bits per heavy atom. The highest BCUT2D eigenvalue weighted by molar-refractivity contribution is 7.89. The highest BCUT2D eigenvalue weighted by atomic mass is 32.2. The van der Waals surface area contributed by atoms with Crippen LogP contribution in [0.1, 0.15) is 28.6 Å². The minimum atomic E-state index is -3.80. The molecule has 0 aliphatic rings. The Balaban J connectivity index is 1.63. The molecule has 9 nitrogen and oxygen atoms in total. The largest absolute Gasteiger partial charge is 0.467 e. The van der Waals surface area contributed by atoms with Gasteiger partial charge in [0.1, 0.15) is 5.76 Å². The number of thiazole rings is 1. The van der Waals surface area contributed by atoms with Crippen molar-refractivity contribution in [1.29, 1.82) is 0 Å². The summed E-state index contributed by atoms with van der Waals surface area (Å²) in [5.41, 5.74) is 2.34. The number of aryl methyl sites for hydroxylation is 1. The van der Waals surface area contributed by atoms with Gasteiger partial charge in [-0.15, -0.1) is 0 Å². The van der Waals surface area contributed by atoms with Gasteiger partial charge in [0.25, 0.3) is 5.91 Å². The molecule has 4 rings (SSSR count). The predicted octanol–water partition coefficient (Wildman–Crippen LogP) is 4.58. The first kappa shape index (κ1) is 27.9. The van der Waals surface area contributed by atoms with Gasteiger partial charge in [-0.25, -0.2) is 13.4 Å². The molecule has 202 valence electrons. The zero-order chi connectivity index (χ0) is 27.1. The van der Waals surface area contributed by atoms with Crippen molar-refractivity contribution >= 4 is 42.6 Å². The number of carbonyl (C=O) groups excluding carboxylic acids is 1. The smallest absolute Gasteiger partial charge is 0.260 e. The molecule has 1 amide bonds. The molecule has 2 aromatic carbocycles. The lowest BCUT2D eigenvalue weighted by Gasteiger charge is -2.22. The summed E-state index contributed by atoms with van der Waals surface area (Å²) in [6, 6.07) is 15.6. The maximum Gasteiger partial charge on any atom is 0.260 e. The van der Waals surface area contributed by atoms with Crippen LogP contribution in [0.4, 0.5) is 5.13 Å². The first-order valence-electron chi connectivity index (χ1n) is 12.2. The van der Waals surface area contributed by atoms with Crippen molar-refractivity contribution in [3.63, 3.8) is 0 Å². The molecule has 0 spiro atoms. The Hall–Kier alpha value is -3.09. The average Bonchev–Trinajstić information content (AvgIpc) is 3.60. The number of aromatic nitrogens is 1. The van der Waals surface area contributed by atoms with Crippen LogP contribution in [0.2, 0.25) is 0 Å². The van der Waals surface area contributed by atoms with E-state index in [1.165, 1.54) is 59.7 Å². The van der Waals surface area contributed by atoms with E-state index in [2.05, 4.69) is 13.0 Å². The van der Waals surface area contributed by atoms with Crippen LogP contribution in [0.15, 0.2) is 70.2 Å². The number of furan rings is 1. The molecule has 38 heavy (non-hydrogen) atoms. The summed E-state index contributed by atoms with van der Waals surface area (Å²) in [6.07, 6.45) is 2.46. The predicted molar refractivity (Wildman–Crippen MR) is 147 cm³/mol. The summed E-state index contributed by atoms with van der Waals surface area (Å²) in [5, 5.41) is 0.539. The Morgan fingerprint density at radius 1 is 1.03 bits per heavy atom. The highest BCUT2D eigenvalue weighted by Crippen LogP contribution is 2.32. The van der Waals surface area contributed by atoms with E-state index in [4.69, 9.17) is 18.9 Å². The summed E-state index contributed by atoms with van der Waals surface area (Å²) in [7, 11) is -0.766. The molecule has 0 saturated heterocycles. The van der Waals surface area contributed by atoms with Crippen LogP contribution in [0.5, 0.6) is 0 Å². The van der Waals surface area contributed by atoms with E-state index in [0.717, 1.165) is 16.6 Å². The van der Waals surface area contributed by atoms with E-state index >= 15 is 0 Å². The van der Waals surface area contributed by atoms with E-state index in [1.54, 1.807) is 23.3 Å². The molecule has 0 atom stereocenters. The molecule has 4 aromatic rings. The third kappa shape index (κ3) is 6.30. The van der Waals surface area contributed by atoms with Gasteiger partial charge in [0.15, 0.2) is 5.13 Å². The third-order valence-corrected chi connectivity index (χ3v) is 9.00. The number of sulfonamides is 1. The quantitative estimate of drug-likeness (QED) is 0.237. The van der Waals surface area contributed by atoms with Crippen LogP contribution in [-0.4, -0.2) is 64.1 Å². The monoisotopic (exact) mass is 557 g/mol. The Bertz CT molecular complexity index is 1440. The number of hydrogen-bond donors (Lipinski definition) is 0. The van der Waals surface area contributed by atoms with Gasteiger partial charge in [-0.1, -0.05) is 24.3 Å². The SMILES string of the molecule is CCc1ccc2nc(N(Cc3ccco3)C(=O)c3ccc(S(=O)(=O)N(CCOC)CCOC)cc3)sc2c1. The van der Waals surface area contributed by atoms with Crippen molar-refractivity contribution in [2.45, 2.75) is 24.8 Å². The summed E-state index contributed by atoms with van der Waals surface area (Å²) < 4.78 is 44.4.